The van der Waals surface area contributed by atoms with Crippen molar-refractivity contribution in [3.05, 3.63) is 34.1 Å². The first kappa shape index (κ1) is 14.1. The lowest BCUT2D eigenvalue weighted by Crippen LogP contribution is -2.32. The first-order chi connectivity index (χ1) is 8.16. The average molecular weight is 303 g/mol. The van der Waals surface area contributed by atoms with E-state index in [0.29, 0.717) is 17.6 Å². The number of carbonyl (C=O) groups excluding carboxylic acids is 1. The Bertz CT molecular complexity index is 365. The van der Waals surface area contributed by atoms with E-state index < -0.39 is 11.7 Å². The van der Waals surface area contributed by atoms with Crippen LogP contribution in [0.4, 0.5) is 4.39 Å². The van der Waals surface area contributed by atoms with Gasteiger partial charge in [0.25, 0.3) is 5.91 Å². The molecule has 0 heterocycles. The molecule has 1 amide bonds. The third kappa shape index (κ3) is 4.44. The molecule has 1 aromatic rings. The topological polar surface area (TPSA) is 41.1 Å². The summed E-state index contributed by atoms with van der Waals surface area (Å²) in [4.78, 5) is 11.7. The van der Waals surface area contributed by atoms with Crippen molar-refractivity contribution in [1.82, 2.24) is 10.6 Å². The standard InChI is InChI=1S/C12H16BrFN2O/c1-2-6-15-7-8-16-12(17)11-9(13)4-3-5-10(11)14/h3-5,15H,2,6-8H2,1H3,(H,16,17). The zero-order valence-corrected chi connectivity index (χ0v) is 11.3. The number of nitrogens with one attached hydrogen (secondary N) is 2. The molecule has 0 saturated carbocycles. The fourth-order valence-electron chi connectivity index (χ4n) is 1.37. The Morgan fingerprint density at radius 3 is 2.76 bits per heavy atom. The van der Waals surface area contributed by atoms with Crippen molar-refractivity contribution < 1.29 is 9.18 Å². The smallest absolute Gasteiger partial charge is 0.255 e. The second kappa shape index (κ2) is 7.40. The third-order valence-corrected chi connectivity index (χ3v) is 2.86. The summed E-state index contributed by atoms with van der Waals surface area (Å²) in [6.07, 6.45) is 1.05. The summed E-state index contributed by atoms with van der Waals surface area (Å²) in [7, 11) is 0. The molecule has 2 N–H and O–H groups in total. The van der Waals surface area contributed by atoms with Crippen molar-refractivity contribution in [3.8, 4) is 0 Å². The van der Waals surface area contributed by atoms with Crippen LogP contribution in [-0.4, -0.2) is 25.5 Å². The average Bonchev–Trinajstić information content (AvgIpc) is 2.28. The molecule has 0 bridgehead atoms. The fourth-order valence-corrected chi connectivity index (χ4v) is 1.89. The van der Waals surface area contributed by atoms with Crippen LogP contribution in [0.25, 0.3) is 0 Å². The quantitative estimate of drug-likeness (QED) is 0.792. The molecule has 0 unspecified atom stereocenters. The SMILES string of the molecule is CCCNCCNC(=O)c1c(F)cccc1Br. The van der Waals surface area contributed by atoms with Crippen LogP contribution in [0.15, 0.2) is 22.7 Å². The van der Waals surface area contributed by atoms with Gasteiger partial charge in [-0.3, -0.25) is 4.79 Å². The maximum Gasteiger partial charge on any atom is 0.255 e. The first-order valence-corrected chi connectivity index (χ1v) is 6.39. The summed E-state index contributed by atoms with van der Waals surface area (Å²) in [5.41, 5.74) is 0.0583. The van der Waals surface area contributed by atoms with E-state index in [1.54, 1.807) is 12.1 Å². The van der Waals surface area contributed by atoms with E-state index in [9.17, 15) is 9.18 Å². The Balaban J connectivity index is 2.47. The number of halogens is 2. The fraction of sp³-hybridized carbons (Fsp3) is 0.417. The van der Waals surface area contributed by atoms with E-state index in [1.807, 2.05) is 0 Å². The molecule has 0 spiro atoms. The molecule has 1 aromatic carbocycles. The summed E-state index contributed by atoms with van der Waals surface area (Å²) in [6, 6.07) is 4.47. The molecular formula is C12H16BrFN2O. The van der Waals surface area contributed by atoms with Crippen LogP contribution in [0, 0.1) is 5.82 Å². The number of hydrogen-bond donors (Lipinski definition) is 2. The highest BCUT2D eigenvalue weighted by atomic mass is 79.9. The highest BCUT2D eigenvalue weighted by Gasteiger charge is 2.14. The summed E-state index contributed by atoms with van der Waals surface area (Å²) >= 11 is 3.17. The number of carbonyl (C=O) groups is 1. The summed E-state index contributed by atoms with van der Waals surface area (Å²) in [6.45, 7) is 4.16. The van der Waals surface area contributed by atoms with Gasteiger partial charge < -0.3 is 10.6 Å². The van der Waals surface area contributed by atoms with Gasteiger partial charge in [0.05, 0.1) is 5.56 Å². The van der Waals surface area contributed by atoms with E-state index in [4.69, 9.17) is 0 Å². The van der Waals surface area contributed by atoms with Gasteiger partial charge in [-0.25, -0.2) is 4.39 Å². The van der Waals surface area contributed by atoms with Crippen LogP contribution in [0.1, 0.15) is 23.7 Å². The minimum atomic E-state index is -0.515. The largest absolute Gasteiger partial charge is 0.351 e. The molecule has 0 aliphatic carbocycles. The molecule has 0 aromatic heterocycles. The van der Waals surface area contributed by atoms with Gasteiger partial charge in [-0.05, 0) is 41.0 Å². The van der Waals surface area contributed by atoms with Crippen LogP contribution in [-0.2, 0) is 0 Å². The molecule has 0 aliphatic heterocycles. The van der Waals surface area contributed by atoms with Gasteiger partial charge in [0.15, 0.2) is 0 Å². The van der Waals surface area contributed by atoms with Crippen LogP contribution < -0.4 is 10.6 Å². The number of amides is 1. The lowest BCUT2D eigenvalue weighted by molar-refractivity contribution is 0.0949. The van der Waals surface area contributed by atoms with Gasteiger partial charge in [-0.1, -0.05) is 13.0 Å². The van der Waals surface area contributed by atoms with Crippen molar-refractivity contribution in [2.24, 2.45) is 0 Å². The Morgan fingerprint density at radius 1 is 1.35 bits per heavy atom. The van der Waals surface area contributed by atoms with E-state index in [1.165, 1.54) is 6.07 Å². The molecule has 17 heavy (non-hydrogen) atoms. The zero-order valence-electron chi connectivity index (χ0n) is 9.72. The van der Waals surface area contributed by atoms with Gasteiger partial charge in [-0.2, -0.15) is 0 Å². The Hall–Kier alpha value is -0.940. The van der Waals surface area contributed by atoms with E-state index in [2.05, 4.69) is 33.5 Å². The van der Waals surface area contributed by atoms with E-state index >= 15 is 0 Å². The van der Waals surface area contributed by atoms with Gasteiger partial charge >= 0.3 is 0 Å². The molecule has 0 aliphatic rings. The van der Waals surface area contributed by atoms with Gasteiger partial charge in [0, 0.05) is 17.6 Å². The predicted molar refractivity (Wildman–Crippen MR) is 69.6 cm³/mol. The van der Waals surface area contributed by atoms with Gasteiger partial charge in [0.2, 0.25) is 0 Å². The minimum absolute atomic E-state index is 0.0583. The highest BCUT2D eigenvalue weighted by molar-refractivity contribution is 9.10. The third-order valence-electron chi connectivity index (χ3n) is 2.20. The van der Waals surface area contributed by atoms with E-state index in [0.717, 1.165) is 13.0 Å². The lowest BCUT2D eigenvalue weighted by atomic mass is 10.2. The van der Waals surface area contributed by atoms with Crippen molar-refractivity contribution in [3.63, 3.8) is 0 Å². The Kier molecular flexibility index (Phi) is 6.15. The lowest BCUT2D eigenvalue weighted by Gasteiger charge is -2.08. The monoisotopic (exact) mass is 302 g/mol. The molecule has 0 atom stereocenters. The zero-order chi connectivity index (χ0) is 12.7. The number of rotatable bonds is 6. The first-order valence-electron chi connectivity index (χ1n) is 5.59. The second-order valence-corrected chi connectivity index (χ2v) is 4.46. The van der Waals surface area contributed by atoms with E-state index in [-0.39, 0.29) is 5.56 Å². The van der Waals surface area contributed by atoms with Crippen LogP contribution in [0.5, 0.6) is 0 Å². The molecule has 94 valence electrons. The molecule has 3 nitrogen and oxygen atoms in total. The molecule has 5 heteroatoms. The summed E-state index contributed by atoms with van der Waals surface area (Å²) in [5.74, 6) is -0.910. The normalized spacial score (nSPS) is 10.3. The highest BCUT2D eigenvalue weighted by Crippen LogP contribution is 2.19. The summed E-state index contributed by atoms with van der Waals surface area (Å²) in [5, 5.41) is 5.82. The maximum absolute atomic E-state index is 13.4. The number of benzene rings is 1. The van der Waals surface area contributed by atoms with Crippen LogP contribution in [0.2, 0.25) is 0 Å². The van der Waals surface area contributed by atoms with Crippen molar-refractivity contribution >= 4 is 21.8 Å². The molecule has 1 rings (SSSR count). The summed E-state index contributed by atoms with van der Waals surface area (Å²) < 4.78 is 13.9. The van der Waals surface area contributed by atoms with Gasteiger partial charge in [-0.15, -0.1) is 0 Å². The Labute approximate surface area is 109 Å². The van der Waals surface area contributed by atoms with Crippen molar-refractivity contribution in [2.45, 2.75) is 13.3 Å². The molecule has 0 fully saturated rings. The van der Waals surface area contributed by atoms with Crippen molar-refractivity contribution in [1.29, 1.82) is 0 Å². The Morgan fingerprint density at radius 2 is 2.12 bits per heavy atom. The van der Waals surface area contributed by atoms with Crippen LogP contribution in [0.3, 0.4) is 0 Å². The maximum atomic E-state index is 13.4. The molecule has 0 radical (unpaired) electrons. The van der Waals surface area contributed by atoms with Crippen molar-refractivity contribution in [2.75, 3.05) is 19.6 Å². The minimum Gasteiger partial charge on any atom is -0.351 e. The van der Waals surface area contributed by atoms with Gasteiger partial charge in [0.1, 0.15) is 5.82 Å². The molecular weight excluding hydrogens is 287 g/mol. The number of hydrogen-bond acceptors (Lipinski definition) is 2. The molecule has 0 saturated heterocycles. The predicted octanol–water partition coefficient (Wildman–Crippen LogP) is 2.32. The second-order valence-electron chi connectivity index (χ2n) is 3.60. The van der Waals surface area contributed by atoms with Crippen LogP contribution >= 0.6 is 15.9 Å².